The van der Waals surface area contributed by atoms with Crippen LogP contribution in [0.3, 0.4) is 0 Å². The Balaban J connectivity index is 2.94. The predicted octanol–water partition coefficient (Wildman–Crippen LogP) is 1.93. The molecule has 0 bridgehead atoms. The Kier molecular flexibility index (Phi) is 6.91. The summed E-state index contributed by atoms with van der Waals surface area (Å²) in [6.07, 6.45) is 1.54. The second-order valence-electron chi connectivity index (χ2n) is 4.47. The zero-order chi connectivity index (χ0) is 15.2. The summed E-state index contributed by atoms with van der Waals surface area (Å²) in [7, 11) is -2.12. The highest BCUT2D eigenvalue weighted by atomic mass is 35.5. The molecule has 0 radical (unpaired) electrons. The third-order valence-electron chi connectivity index (χ3n) is 2.83. The molecule has 0 aliphatic rings. The van der Waals surface area contributed by atoms with Gasteiger partial charge in [0.05, 0.1) is 18.1 Å². The van der Waals surface area contributed by atoms with Gasteiger partial charge in [0, 0.05) is 18.2 Å². The number of aliphatic hydroxyl groups is 1. The van der Waals surface area contributed by atoms with Gasteiger partial charge in [-0.2, -0.15) is 0 Å². The summed E-state index contributed by atoms with van der Waals surface area (Å²) in [5.41, 5.74) is 0.493. The van der Waals surface area contributed by atoms with E-state index in [-0.39, 0.29) is 22.6 Å². The molecule has 1 aromatic rings. The summed E-state index contributed by atoms with van der Waals surface area (Å²) in [5, 5.41) is 9.26. The van der Waals surface area contributed by atoms with Crippen molar-refractivity contribution in [3.63, 3.8) is 0 Å². The number of nitrogens with one attached hydrogen (secondary N) is 1. The Labute approximate surface area is 125 Å². The maximum Gasteiger partial charge on any atom is 0.240 e. The fourth-order valence-electron chi connectivity index (χ4n) is 1.84. The summed E-state index contributed by atoms with van der Waals surface area (Å²) < 4.78 is 32.1. The SMILES string of the molecule is CCCC(COC)NS(=O)(=O)c1ccc(CO)c(Cl)c1. The van der Waals surface area contributed by atoms with Crippen LogP contribution in [0.2, 0.25) is 5.02 Å². The molecule has 1 rings (SSSR count). The third kappa shape index (κ3) is 4.71. The van der Waals surface area contributed by atoms with Crippen molar-refractivity contribution in [3.8, 4) is 0 Å². The van der Waals surface area contributed by atoms with Gasteiger partial charge in [-0.15, -0.1) is 0 Å². The summed E-state index contributed by atoms with van der Waals surface area (Å²) >= 11 is 5.92. The van der Waals surface area contributed by atoms with Crippen molar-refractivity contribution in [3.05, 3.63) is 28.8 Å². The van der Waals surface area contributed by atoms with E-state index in [0.717, 1.165) is 6.42 Å². The lowest BCUT2D eigenvalue weighted by atomic mass is 10.2. The first-order chi connectivity index (χ1) is 9.44. The van der Waals surface area contributed by atoms with Crippen LogP contribution in [-0.4, -0.2) is 33.3 Å². The lowest BCUT2D eigenvalue weighted by Gasteiger charge is -2.17. The Bertz CT molecular complexity index is 527. The number of aliphatic hydroxyl groups excluding tert-OH is 1. The van der Waals surface area contributed by atoms with Gasteiger partial charge < -0.3 is 9.84 Å². The summed E-state index contributed by atoms with van der Waals surface area (Å²) in [4.78, 5) is 0.0805. The fraction of sp³-hybridized carbons (Fsp3) is 0.538. The molecule has 5 nitrogen and oxygen atoms in total. The zero-order valence-electron chi connectivity index (χ0n) is 11.6. The van der Waals surface area contributed by atoms with Crippen molar-refractivity contribution >= 4 is 21.6 Å². The zero-order valence-corrected chi connectivity index (χ0v) is 13.2. The number of benzene rings is 1. The monoisotopic (exact) mass is 321 g/mol. The van der Waals surface area contributed by atoms with Gasteiger partial charge in [-0.1, -0.05) is 31.0 Å². The number of methoxy groups -OCH3 is 1. The first-order valence-corrected chi connectivity index (χ1v) is 8.21. The molecule has 0 amide bonds. The molecule has 1 aromatic carbocycles. The Morgan fingerprint density at radius 1 is 1.45 bits per heavy atom. The van der Waals surface area contributed by atoms with Crippen LogP contribution in [0.4, 0.5) is 0 Å². The number of rotatable bonds is 8. The number of sulfonamides is 1. The van der Waals surface area contributed by atoms with Crippen LogP contribution >= 0.6 is 11.6 Å². The van der Waals surface area contributed by atoms with E-state index in [0.29, 0.717) is 18.6 Å². The third-order valence-corrected chi connectivity index (χ3v) is 4.70. The van der Waals surface area contributed by atoms with Crippen molar-refractivity contribution in [2.75, 3.05) is 13.7 Å². The van der Waals surface area contributed by atoms with Gasteiger partial charge in [0.1, 0.15) is 0 Å². The van der Waals surface area contributed by atoms with Gasteiger partial charge in [-0.25, -0.2) is 13.1 Å². The average molecular weight is 322 g/mol. The topological polar surface area (TPSA) is 75.6 Å². The quantitative estimate of drug-likeness (QED) is 0.767. The average Bonchev–Trinajstić information content (AvgIpc) is 2.38. The Hall–Kier alpha value is -0.660. The molecule has 0 aliphatic heterocycles. The van der Waals surface area contributed by atoms with Crippen LogP contribution in [0.15, 0.2) is 23.1 Å². The molecule has 114 valence electrons. The molecular formula is C13H20ClNO4S. The van der Waals surface area contributed by atoms with Crippen LogP contribution in [-0.2, 0) is 21.4 Å². The first kappa shape index (κ1) is 17.4. The molecule has 1 atom stereocenters. The largest absolute Gasteiger partial charge is 0.392 e. The second kappa shape index (κ2) is 7.95. The standard InChI is InChI=1S/C13H20ClNO4S/c1-3-4-11(9-19-2)15-20(17,18)12-6-5-10(8-16)13(14)7-12/h5-7,11,15-16H,3-4,8-9H2,1-2H3. The molecule has 0 saturated carbocycles. The van der Waals surface area contributed by atoms with E-state index in [1.165, 1.54) is 25.3 Å². The minimum absolute atomic E-state index is 0.0805. The Morgan fingerprint density at radius 3 is 2.65 bits per heavy atom. The predicted molar refractivity (Wildman–Crippen MR) is 78.3 cm³/mol. The molecular weight excluding hydrogens is 302 g/mol. The van der Waals surface area contributed by atoms with Crippen molar-refractivity contribution in [2.24, 2.45) is 0 Å². The number of hydrogen-bond acceptors (Lipinski definition) is 4. The van der Waals surface area contributed by atoms with Crippen LogP contribution in [0.1, 0.15) is 25.3 Å². The van der Waals surface area contributed by atoms with E-state index in [2.05, 4.69) is 4.72 Å². The smallest absolute Gasteiger partial charge is 0.240 e. The summed E-state index contributed by atoms with van der Waals surface area (Å²) in [6, 6.07) is 3.99. The van der Waals surface area contributed by atoms with Gasteiger partial charge in [-0.05, 0) is 24.1 Å². The molecule has 7 heteroatoms. The maximum absolute atomic E-state index is 12.3. The number of hydrogen-bond donors (Lipinski definition) is 2. The van der Waals surface area contributed by atoms with Crippen LogP contribution in [0.5, 0.6) is 0 Å². The van der Waals surface area contributed by atoms with E-state index >= 15 is 0 Å². The van der Waals surface area contributed by atoms with Gasteiger partial charge in [0.15, 0.2) is 0 Å². The molecule has 0 saturated heterocycles. The van der Waals surface area contributed by atoms with E-state index in [9.17, 15) is 8.42 Å². The molecule has 20 heavy (non-hydrogen) atoms. The second-order valence-corrected chi connectivity index (χ2v) is 6.59. The molecule has 0 aliphatic carbocycles. The van der Waals surface area contributed by atoms with E-state index in [1.807, 2.05) is 6.92 Å². The van der Waals surface area contributed by atoms with E-state index in [4.69, 9.17) is 21.4 Å². The van der Waals surface area contributed by atoms with Crippen LogP contribution in [0, 0.1) is 0 Å². The van der Waals surface area contributed by atoms with Crippen molar-refractivity contribution in [2.45, 2.75) is 37.3 Å². The normalized spacial score (nSPS) is 13.4. The molecule has 0 aromatic heterocycles. The minimum Gasteiger partial charge on any atom is -0.392 e. The minimum atomic E-state index is -3.65. The van der Waals surface area contributed by atoms with Crippen LogP contribution in [0.25, 0.3) is 0 Å². The van der Waals surface area contributed by atoms with Crippen molar-refractivity contribution in [1.29, 1.82) is 0 Å². The van der Waals surface area contributed by atoms with Gasteiger partial charge in [0.25, 0.3) is 0 Å². The highest BCUT2D eigenvalue weighted by molar-refractivity contribution is 7.89. The number of halogens is 1. The maximum atomic E-state index is 12.3. The molecule has 2 N–H and O–H groups in total. The molecule has 0 fully saturated rings. The van der Waals surface area contributed by atoms with Crippen molar-refractivity contribution < 1.29 is 18.3 Å². The lowest BCUT2D eigenvalue weighted by molar-refractivity contribution is 0.171. The molecule has 1 unspecified atom stereocenters. The molecule has 0 heterocycles. The first-order valence-electron chi connectivity index (χ1n) is 6.35. The summed E-state index contributed by atoms with van der Waals surface area (Å²) in [6.45, 7) is 2.06. The molecule has 0 spiro atoms. The highest BCUT2D eigenvalue weighted by Crippen LogP contribution is 2.21. The van der Waals surface area contributed by atoms with Gasteiger partial charge >= 0.3 is 0 Å². The van der Waals surface area contributed by atoms with Gasteiger partial charge in [-0.3, -0.25) is 0 Å². The van der Waals surface area contributed by atoms with E-state index in [1.54, 1.807) is 0 Å². The van der Waals surface area contributed by atoms with Crippen LogP contribution < -0.4 is 4.72 Å². The highest BCUT2D eigenvalue weighted by Gasteiger charge is 2.20. The lowest BCUT2D eigenvalue weighted by Crippen LogP contribution is -2.37. The fourth-order valence-corrected chi connectivity index (χ4v) is 3.42. The number of ether oxygens (including phenoxy) is 1. The van der Waals surface area contributed by atoms with E-state index < -0.39 is 10.0 Å². The Morgan fingerprint density at radius 2 is 2.15 bits per heavy atom. The van der Waals surface area contributed by atoms with Gasteiger partial charge in [0.2, 0.25) is 10.0 Å². The summed E-state index contributed by atoms with van der Waals surface area (Å²) in [5.74, 6) is 0. The van der Waals surface area contributed by atoms with Crippen molar-refractivity contribution in [1.82, 2.24) is 4.72 Å².